The molecule has 0 aromatic carbocycles. The van der Waals surface area contributed by atoms with E-state index >= 15 is 0 Å². The van der Waals surface area contributed by atoms with Crippen molar-refractivity contribution in [2.75, 3.05) is 19.6 Å². The Morgan fingerprint density at radius 3 is 2.76 bits per heavy atom. The Morgan fingerprint density at radius 2 is 2.00 bits per heavy atom. The molecule has 2 saturated heterocycles. The summed E-state index contributed by atoms with van der Waals surface area (Å²) in [5, 5.41) is 3.12. The third-order valence-corrected chi connectivity index (χ3v) is 4.35. The first kappa shape index (κ1) is 11.3. The van der Waals surface area contributed by atoms with Crippen LogP contribution in [0.25, 0.3) is 0 Å². The van der Waals surface area contributed by atoms with Crippen LogP contribution in [0.15, 0.2) is 0 Å². The number of piperidine rings is 1. The van der Waals surface area contributed by atoms with Gasteiger partial charge in [0.1, 0.15) is 0 Å². The lowest BCUT2D eigenvalue weighted by molar-refractivity contribution is 0.0345. The first-order valence-electron chi connectivity index (χ1n) is 7.05. The second-order valence-electron chi connectivity index (χ2n) is 5.87. The summed E-state index contributed by atoms with van der Waals surface area (Å²) in [6.07, 6.45) is 6.26. The maximum absolute atomic E-state index is 12.1. The zero-order valence-electron chi connectivity index (χ0n) is 10.7. The van der Waals surface area contributed by atoms with Crippen LogP contribution in [0.2, 0.25) is 0 Å². The molecule has 0 bridgehead atoms. The predicted octanol–water partition coefficient (Wildman–Crippen LogP) is 1.42. The molecule has 1 N–H and O–H groups in total. The monoisotopic (exact) mass is 237 g/mol. The summed E-state index contributed by atoms with van der Waals surface area (Å²) in [7, 11) is 0. The number of rotatable bonds is 1. The summed E-state index contributed by atoms with van der Waals surface area (Å²) in [5.41, 5.74) is 0. The number of nitrogens with one attached hydrogen (secondary N) is 1. The van der Waals surface area contributed by atoms with Gasteiger partial charge in [-0.1, -0.05) is 6.42 Å². The standard InChI is InChI=1S/C13H23N3O/c1-10-8-15-7-3-2-4-12(15)9-16(10)13(17)14-11-5-6-11/h10-12H,2-9H2,1H3,(H,14,17). The van der Waals surface area contributed by atoms with E-state index in [0.29, 0.717) is 18.1 Å². The van der Waals surface area contributed by atoms with Gasteiger partial charge in [0.05, 0.1) is 0 Å². The Hall–Kier alpha value is -0.770. The lowest BCUT2D eigenvalue weighted by atomic mass is 9.97. The second kappa shape index (κ2) is 4.48. The van der Waals surface area contributed by atoms with Gasteiger partial charge in [-0.25, -0.2) is 4.79 Å². The van der Waals surface area contributed by atoms with Crippen molar-refractivity contribution in [3.8, 4) is 0 Å². The summed E-state index contributed by atoms with van der Waals surface area (Å²) in [6, 6.07) is 1.62. The molecule has 2 atom stereocenters. The highest BCUT2D eigenvalue weighted by Crippen LogP contribution is 2.25. The molecule has 17 heavy (non-hydrogen) atoms. The number of fused-ring (bicyclic) bond motifs is 1. The first-order chi connectivity index (χ1) is 8.24. The van der Waals surface area contributed by atoms with Gasteiger partial charge in [-0.15, -0.1) is 0 Å². The molecular weight excluding hydrogens is 214 g/mol. The number of urea groups is 1. The van der Waals surface area contributed by atoms with Gasteiger partial charge in [-0.3, -0.25) is 4.90 Å². The quantitative estimate of drug-likeness (QED) is 0.748. The number of nitrogens with zero attached hydrogens (tertiary/aromatic N) is 2. The highest BCUT2D eigenvalue weighted by atomic mass is 16.2. The maximum atomic E-state index is 12.1. The summed E-state index contributed by atoms with van der Waals surface area (Å²) in [6.45, 7) is 5.40. The fraction of sp³-hybridized carbons (Fsp3) is 0.923. The van der Waals surface area contributed by atoms with E-state index in [0.717, 1.165) is 13.1 Å². The van der Waals surface area contributed by atoms with Gasteiger partial charge in [0.2, 0.25) is 0 Å². The van der Waals surface area contributed by atoms with Gasteiger partial charge in [0, 0.05) is 31.2 Å². The van der Waals surface area contributed by atoms with Crippen LogP contribution >= 0.6 is 0 Å². The lowest BCUT2D eigenvalue weighted by Gasteiger charge is -2.47. The van der Waals surface area contributed by atoms with Crippen LogP contribution in [0.1, 0.15) is 39.0 Å². The molecule has 1 aliphatic carbocycles. The van der Waals surface area contributed by atoms with E-state index in [1.54, 1.807) is 0 Å². The molecule has 96 valence electrons. The van der Waals surface area contributed by atoms with Gasteiger partial charge < -0.3 is 10.2 Å². The van der Waals surface area contributed by atoms with Crippen LogP contribution in [0.4, 0.5) is 4.79 Å². The molecule has 4 nitrogen and oxygen atoms in total. The van der Waals surface area contributed by atoms with E-state index in [9.17, 15) is 4.79 Å². The summed E-state index contributed by atoms with van der Waals surface area (Å²) in [4.78, 5) is 16.8. The Bertz CT molecular complexity index is 303. The SMILES string of the molecule is CC1CN2CCCCC2CN1C(=O)NC1CC1. The smallest absolute Gasteiger partial charge is 0.317 e. The highest BCUT2D eigenvalue weighted by Gasteiger charge is 2.36. The molecule has 2 aliphatic heterocycles. The molecule has 0 radical (unpaired) electrons. The number of carbonyl (C=O) groups excluding carboxylic acids is 1. The number of hydrogen-bond donors (Lipinski definition) is 1. The first-order valence-corrected chi connectivity index (χ1v) is 7.05. The Labute approximate surface area is 103 Å². The van der Waals surface area contributed by atoms with Crippen molar-refractivity contribution in [1.82, 2.24) is 15.1 Å². The molecule has 1 saturated carbocycles. The van der Waals surface area contributed by atoms with E-state index < -0.39 is 0 Å². The summed E-state index contributed by atoms with van der Waals surface area (Å²) in [5.74, 6) is 0. The van der Waals surface area contributed by atoms with E-state index in [1.165, 1.54) is 38.6 Å². The number of hydrogen-bond acceptors (Lipinski definition) is 2. The molecule has 2 heterocycles. The van der Waals surface area contributed by atoms with Crippen molar-refractivity contribution in [1.29, 1.82) is 0 Å². The van der Waals surface area contributed by atoms with Gasteiger partial charge in [-0.05, 0) is 39.2 Å². The van der Waals surface area contributed by atoms with Gasteiger partial charge in [0.15, 0.2) is 0 Å². The molecule has 0 spiro atoms. The number of carbonyl (C=O) groups is 1. The Kier molecular flexibility index (Phi) is 2.99. The molecule has 3 rings (SSSR count). The van der Waals surface area contributed by atoms with E-state index in [1.807, 2.05) is 0 Å². The molecular formula is C13H23N3O. The zero-order valence-corrected chi connectivity index (χ0v) is 10.7. The molecule has 2 amide bonds. The van der Waals surface area contributed by atoms with Crippen LogP contribution in [-0.2, 0) is 0 Å². The zero-order chi connectivity index (χ0) is 11.8. The number of amides is 2. The van der Waals surface area contributed by atoms with Crippen molar-refractivity contribution < 1.29 is 4.79 Å². The predicted molar refractivity (Wildman–Crippen MR) is 66.9 cm³/mol. The topological polar surface area (TPSA) is 35.6 Å². The minimum atomic E-state index is 0.172. The summed E-state index contributed by atoms with van der Waals surface area (Å²) >= 11 is 0. The average molecular weight is 237 g/mol. The van der Waals surface area contributed by atoms with E-state index in [-0.39, 0.29) is 6.03 Å². The van der Waals surface area contributed by atoms with E-state index in [2.05, 4.69) is 22.0 Å². The minimum absolute atomic E-state index is 0.172. The van der Waals surface area contributed by atoms with Crippen LogP contribution in [0.5, 0.6) is 0 Å². The number of piperazine rings is 1. The van der Waals surface area contributed by atoms with Crippen LogP contribution in [0, 0.1) is 0 Å². The van der Waals surface area contributed by atoms with Crippen LogP contribution in [-0.4, -0.2) is 53.6 Å². The van der Waals surface area contributed by atoms with Crippen LogP contribution < -0.4 is 5.32 Å². The second-order valence-corrected chi connectivity index (χ2v) is 5.87. The van der Waals surface area contributed by atoms with Crippen molar-refractivity contribution in [2.24, 2.45) is 0 Å². The summed E-state index contributed by atoms with van der Waals surface area (Å²) < 4.78 is 0. The molecule has 3 aliphatic rings. The lowest BCUT2D eigenvalue weighted by Crippen LogP contribution is -2.61. The fourth-order valence-corrected chi connectivity index (χ4v) is 3.12. The largest absolute Gasteiger partial charge is 0.335 e. The van der Waals surface area contributed by atoms with Gasteiger partial charge >= 0.3 is 6.03 Å². The van der Waals surface area contributed by atoms with Crippen molar-refractivity contribution in [3.63, 3.8) is 0 Å². The van der Waals surface area contributed by atoms with Crippen molar-refractivity contribution in [3.05, 3.63) is 0 Å². The van der Waals surface area contributed by atoms with Crippen molar-refractivity contribution in [2.45, 2.75) is 57.2 Å². The third-order valence-electron chi connectivity index (χ3n) is 4.35. The third kappa shape index (κ3) is 2.41. The normalized spacial score (nSPS) is 34.3. The van der Waals surface area contributed by atoms with Crippen LogP contribution in [0.3, 0.4) is 0 Å². The maximum Gasteiger partial charge on any atom is 0.317 e. The molecule has 4 heteroatoms. The fourth-order valence-electron chi connectivity index (χ4n) is 3.12. The van der Waals surface area contributed by atoms with Gasteiger partial charge in [0.25, 0.3) is 0 Å². The molecule has 2 unspecified atom stereocenters. The Morgan fingerprint density at radius 1 is 1.18 bits per heavy atom. The van der Waals surface area contributed by atoms with Gasteiger partial charge in [-0.2, -0.15) is 0 Å². The van der Waals surface area contributed by atoms with E-state index in [4.69, 9.17) is 0 Å². The molecule has 3 fully saturated rings. The molecule has 0 aromatic heterocycles. The minimum Gasteiger partial charge on any atom is -0.335 e. The highest BCUT2D eigenvalue weighted by molar-refractivity contribution is 5.75. The Balaban J connectivity index is 1.61. The molecule has 0 aromatic rings. The van der Waals surface area contributed by atoms with Crippen molar-refractivity contribution >= 4 is 6.03 Å². The average Bonchev–Trinajstić information content (AvgIpc) is 3.12.